The predicted molar refractivity (Wildman–Crippen MR) is 32.6 cm³/mol. The van der Waals surface area contributed by atoms with Crippen LogP contribution in [0.3, 0.4) is 0 Å². The fourth-order valence-corrected chi connectivity index (χ4v) is 0.310. The van der Waals surface area contributed by atoms with Gasteiger partial charge in [0.2, 0.25) is 0 Å². The highest BCUT2D eigenvalue weighted by Crippen LogP contribution is 1.95. The molecule has 0 aromatic rings. The summed E-state index contributed by atoms with van der Waals surface area (Å²) in [5, 5.41) is 8.67. The van der Waals surface area contributed by atoms with Crippen LogP contribution < -0.4 is 0 Å². The first-order chi connectivity index (χ1) is 3.66. The molecule has 0 bridgehead atoms. The number of rotatable bonds is 2. The van der Waals surface area contributed by atoms with Crippen LogP contribution in [0.2, 0.25) is 0 Å². The van der Waals surface area contributed by atoms with Crippen molar-refractivity contribution >= 4 is 0 Å². The van der Waals surface area contributed by atoms with Crippen LogP contribution in [-0.2, 0) is 4.74 Å². The van der Waals surface area contributed by atoms with E-state index in [9.17, 15) is 0 Å². The molecule has 0 unspecified atom stereocenters. The lowest BCUT2D eigenvalue weighted by Gasteiger charge is -2.05. The van der Waals surface area contributed by atoms with Crippen LogP contribution in [0.4, 0.5) is 0 Å². The van der Waals surface area contributed by atoms with Crippen LogP contribution in [0.1, 0.15) is 20.8 Å². The maximum absolute atomic E-state index is 8.67. The van der Waals surface area contributed by atoms with Crippen molar-refractivity contribution in [3.05, 3.63) is 12.0 Å². The van der Waals surface area contributed by atoms with E-state index in [4.69, 9.17) is 9.84 Å². The second-order valence-electron chi connectivity index (χ2n) is 1.79. The first-order valence-corrected chi connectivity index (χ1v) is 2.68. The zero-order chi connectivity index (χ0) is 6.57. The van der Waals surface area contributed by atoms with Gasteiger partial charge in [0.25, 0.3) is 5.95 Å². The Balaban J connectivity index is 3.39. The van der Waals surface area contributed by atoms with Crippen LogP contribution in [0.5, 0.6) is 0 Å². The molecule has 0 rings (SSSR count). The molecular weight excluding hydrogens is 104 g/mol. The average Bonchev–Trinajstić information content (AvgIpc) is 1.65. The van der Waals surface area contributed by atoms with Gasteiger partial charge in [0.15, 0.2) is 0 Å². The quantitative estimate of drug-likeness (QED) is 0.558. The highest BCUT2D eigenvalue weighted by Gasteiger charge is 1.93. The van der Waals surface area contributed by atoms with Crippen LogP contribution in [0, 0.1) is 0 Å². The molecule has 0 radical (unpaired) electrons. The van der Waals surface area contributed by atoms with Gasteiger partial charge < -0.3 is 9.84 Å². The van der Waals surface area contributed by atoms with E-state index in [1.54, 1.807) is 6.92 Å². The number of hydrogen-bond acceptors (Lipinski definition) is 2. The van der Waals surface area contributed by atoms with E-state index in [0.29, 0.717) is 0 Å². The summed E-state index contributed by atoms with van der Waals surface area (Å²) >= 11 is 0. The Hall–Kier alpha value is -0.660. The summed E-state index contributed by atoms with van der Waals surface area (Å²) in [6.07, 6.45) is 1.58. The van der Waals surface area contributed by atoms with Crippen LogP contribution in [0.15, 0.2) is 12.0 Å². The molecule has 0 atom stereocenters. The molecule has 1 N–H and O–H groups in total. The summed E-state index contributed by atoms with van der Waals surface area (Å²) in [5.74, 6) is 0.000000000000000222. The second-order valence-corrected chi connectivity index (χ2v) is 1.79. The summed E-state index contributed by atoms with van der Waals surface area (Å²) in [6.45, 7) is 5.44. The van der Waals surface area contributed by atoms with E-state index in [2.05, 4.69) is 0 Å². The molecule has 0 aromatic heterocycles. The van der Waals surface area contributed by atoms with Gasteiger partial charge in [0.05, 0.1) is 6.10 Å². The maximum atomic E-state index is 8.67. The standard InChI is InChI=1S/C6H12O2/c1-4-6(7)8-5(2)3/h4-5,7H,1-3H3. The van der Waals surface area contributed by atoms with Gasteiger partial charge in [0.1, 0.15) is 0 Å². The molecular formula is C6H12O2. The van der Waals surface area contributed by atoms with Crippen molar-refractivity contribution in [3.8, 4) is 0 Å². The molecule has 2 nitrogen and oxygen atoms in total. The molecule has 0 fully saturated rings. The summed E-state index contributed by atoms with van der Waals surface area (Å²) in [5.41, 5.74) is 0. The minimum Gasteiger partial charge on any atom is -0.481 e. The smallest absolute Gasteiger partial charge is 0.272 e. The molecule has 0 saturated heterocycles. The van der Waals surface area contributed by atoms with Gasteiger partial charge in [-0.1, -0.05) is 0 Å². The van der Waals surface area contributed by atoms with Crippen molar-refractivity contribution < 1.29 is 9.84 Å². The summed E-state index contributed by atoms with van der Waals surface area (Å²) in [6, 6.07) is 0. The number of ether oxygens (including phenoxy) is 1. The molecule has 0 amide bonds. The molecule has 0 aliphatic rings. The lowest BCUT2D eigenvalue weighted by molar-refractivity contribution is 0.0516. The van der Waals surface area contributed by atoms with Gasteiger partial charge in [-0.2, -0.15) is 0 Å². The molecule has 2 heteroatoms. The van der Waals surface area contributed by atoms with Crippen molar-refractivity contribution in [2.24, 2.45) is 0 Å². The third-order valence-corrected chi connectivity index (χ3v) is 0.603. The SMILES string of the molecule is CC=C(O)OC(C)C. The largest absolute Gasteiger partial charge is 0.481 e. The number of aliphatic hydroxyl groups is 1. The van der Waals surface area contributed by atoms with E-state index >= 15 is 0 Å². The predicted octanol–water partition coefficient (Wildman–Crippen LogP) is 1.83. The molecule has 0 saturated carbocycles. The van der Waals surface area contributed by atoms with Gasteiger partial charge in [-0.15, -0.1) is 0 Å². The Morgan fingerprint density at radius 1 is 1.62 bits per heavy atom. The highest BCUT2D eigenvalue weighted by molar-refractivity contribution is 4.76. The van der Waals surface area contributed by atoms with Crippen molar-refractivity contribution in [2.45, 2.75) is 26.9 Å². The monoisotopic (exact) mass is 116 g/mol. The fraction of sp³-hybridized carbons (Fsp3) is 0.667. The molecule has 48 valence electrons. The van der Waals surface area contributed by atoms with E-state index in [1.165, 1.54) is 6.08 Å². The zero-order valence-corrected chi connectivity index (χ0v) is 5.51. The fourth-order valence-electron chi connectivity index (χ4n) is 0.310. The van der Waals surface area contributed by atoms with Crippen molar-refractivity contribution in [1.29, 1.82) is 0 Å². The van der Waals surface area contributed by atoms with Gasteiger partial charge in [-0.3, -0.25) is 0 Å². The summed E-state index contributed by atoms with van der Waals surface area (Å²) in [7, 11) is 0. The average molecular weight is 116 g/mol. The minimum atomic E-state index is 0.000000000000000222. The Labute approximate surface area is 49.8 Å². The number of allylic oxidation sites excluding steroid dienone is 1. The minimum absolute atomic E-state index is 0.000000000000000222. The van der Waals surface area contributed by atoms with Crippen LogP contribution >= 0.6 is 0 Å². The van der Waals surface area contributed by atoms with Crippen molar-refractivity contribution in [2.75, 3.05) is 0 Å². The van der Waals surface area contributed by atoms with E-state index in [-0.39, 0.29) is 12.0 Å². The van der Waals surface area contributed by atoms with Gasteiger partial charge in [0, 0.05) is 0 Å². The molecule has 0 aromatic carbocycles. The van der Waals surface area contributed by atoms with Crippen LogP contribution in [-0.4, -0.2) is 11.2 Å². The second kappa shape index (κ2) is 3.36. The van der Waals surface area contributed by atoms with Crippen molar-refractivity contribution in [3.63, 3.8) is 0 Å². The maximum Gasteiger partial charge on any atom is 0.272 e. The highest BCUT2D eigenvalue weighted by atomic mass is 16.6. The van der Waals surface area contributed by atoms with Crippen molar-refractivity contribution in [1.82, 2.24) is 0 Å². The van der Waals surface area contributed by atoms with Gasteiger partial charge in [-0.25, -0.2) is 0 Å². The number of hydrogen-bond donors (Lipinski definition) is 1. The topological polar surface area (TPSA) is 29.5 Å². The Bertz CT molecular complexity index is 84.5. The lowest BCUT2D eigenvalue weighted by atomic mass is 10.5. The van der Waals surface area contributed by atoms with Crippen LogP contribution in [0.25, 0.3) is 0 Å². The third-order valence-electron chi connectivity index (χ3n) is 0.603. The summed E-state index contributed by atoms with van der Waals surface area (Å²) < 4.78 is 4.82. The normalized spacial score (nSPS) is 12.2. The Morgan fingerprint density at radius 2 is 2.12 bits per heavy atom. The summed E-state index contributed by atoms with van der Waals surface area (Å²) in [4.78, 5) is 0. The zero-order valence-electron chi connectivity index (χ0n) is 5.51. The Kier molecular flexibility index (Phi) is 3.08. The lowest BCUT2D eigenvalue weighted by Crippen LogP contribution is -2.00. The van der Waals surface area contributed by atoms with E-state index < -0.39 is 0 Å². The first-order valence-electron chi connectivity index (χ1n) is 2.68. The molecule has 0 heterocycles. The number of aliphatic hydroxyl groups excluding tert-OH is 1. The molecule has 0 spiro atoms. The van der Waals surface area contributed by atoms with E-state index in [1.807, 2.05) is 13.8 Å². The molecule has 8 heavy (non-hydrogen) atoms. The molecule has 0 aliphatic carbocycles. The van der Waals surface area contributed by atoms with Gasteiger partial charge in [-0.05, 0) is 26.8 Å². The van der Waals surface area contributed by atoms with Gasteiger partial charge >= 0.3 is 0 Å². The third kappa shape index (κ3) is 3.53. The Morgan fingerprint density at radius 3 is 2.25 bits per heavy atom. The molecule has 0 aliphatic heterocycles. The first kappa shape index (κ1) is 7.34. The van der Waals surface area contributed by atoms with E-state index in [0.717, 1.165) is 0 Å².